The smallest absolute Gasteiger partial charge is 0.101 e. The van der Waals surface area contributed by atoms with Crippen LogP contribution in [0.3, 0.4) is 0 Å². The molecule has 0 N–H and O–H groups in total. The monoisotopic (exact) mass is 392 g/mol. The molecular weight excluding hydrogens is 364 g/mol. The Balaban J connectivity index is 1.86. The van der Waals surface area contributed by atoms with Gasteiger partial charge in [0.1, 0.15) is 12.1 Å². The number of hydrogen-bond acceptors (Lipinski definition) is 2. The lowest BCUT2D eigenvalue weighted by molar-refractivity contribution is 0.717. The molecule has 0 heterocycles. The Kier molecular flexibility index (Phi) is 7.42. The van der Waals surface area contributed by atoms with Crippen molar-refractivity contribution in [2.75, 3.05) is 0 Å². The van der Waals surface area contributed by atoms with E-state index in [-0.39, 0.29) is 0 Å². The molecular formula is C28H28N2. The molecule has 0 fully saturated rings. The number of benzene rings is 3. The topological polar surface area (TPSA) is 47.6 Å². The predicted octanol–water partition coefficient (Wildman–Crippen LogP) is 7.45. The van der Waals surface area contributed by atoms with Crippen molar-refractivity contribution in [3.63, 3.8) is 0 Å². The molecule has 0 aliphatic heterocycles. The van der Waals surface area contributed by atoms with E-state index in [1.54, 1.807) is 0 Å². The van der Waals surface area contributed by atoms with Crippen LogP contribution in [0.15, 0.2) is 60.7 Å². The summed E-state index contributed by atoms with van der Waals surface area (Å²) in [4.78, 5) is 0. The first-order chi connectivity index (χ1) is 14.7. The minimum Gasteiger partial charge on any atom is -0.192 e. The average Bonchev–Trinajstić information content (AvgIpc) is 2.79. The van der Waals surface area contributed by atoms with E-state index in [1.165, 1.54) is 30.4 Å². The number of unbranched alkanes of at least 4 members (excludes halogenated alkanes) is 2. The Morgan fingerprint density at radius 1 is 0.600 bits per heavy atom. The van der Waals surface area contributed by atoms with Gasteiger partial charge in [-0.2, -0.15) is 10.5 Å². The third-order valence-corrected chi connectivity index (χ3v) is 5.59. The third kappa shape index (κ3) is 4.79. The largest absolute Gasteiger partial charge is 0.192 e. The molecule has 0 atom stereocenters. The minimum atomic E-state index is 0.479. The molecule has 0 bridgehead atoms. The summed E-state index contributed by atoms with van der Waals surface area (Å²) in [6.45, 7) is 4.31. The number of rotatable bonds is 8. The van der Waals surface area contributed by atoms with E-state index in [4.69, 9.17) is 0 Å². The molecule has 0 amide bonds. The van der Waals surface area contributed by atoms with E-state index in [0.717, 1.165) is 41.5 Å². The maximum atomic E-state index is 9.72. The lowest BCUT2D eigenvalue weighted by atomic mass is 9.91. The lowest BCUT2D eigenvalue weighted by Gasteiger charge is -2.11. The summed E-state index contributed by atoms with van der Waals surface area (Å²) in [6, 6.07) is 25.6. The molecule has 0 aliphatic rings. The molecule has 0 saturated heterocycles. The summed E-state index contributed by atoms with van der Waals surface area (Å²) in [5.41, 5.74) is 7.47. The number of aryl methyl sites for hydroxylation is 2. The standard InChI is InChI=1S/C28H28N2/c1-3-5-6-8-21-9-11-22(12-10-21)23-13-15-25(16-14-23)26-18-17-24(7-4-2)27(19-29)28(26)20-30/h9-18H,3-8H2,1-2H3. The van der Waals surface area contributed by atoms with Gasteiger partial charge in [-0.3, -0.25) is 0 Å². The van der Waals surface area contributed by atoms with Crippen LogP contribution in [0.25, 0.3) is 22.3 Å². The number of nitrogens with zero attached hydrogens (tertiary/aromatic N) is 2. The highest BCUT2D eigenvalue weighted by atomic mass is 14.3. The van der Waals surface area contributed by atoms with Crippen molar-refractivity contribution in [3.05, 3.63) is 82.9 Å². The van der Waals surface area contributed by atoms with E-state index in [0.29, 0.717) is 11.1 Å². The van der Waals surface area contributed by atoms with Crippen molar-refractivity contribution in [1.29, 1.82) is 10.5 Å². The highest BCUT2D eigenvalue weighted by Crippen LogP contribution is 2.30. The SMILES string of the molecule is CCCCCc1ccc(-c2ccc(-c3ccc(CCC)c(C#N)c3C#N)cc2)cc1. The summed E-state index contributed by atoms with van der Waals surface area (Å²) in [6.07, 6.45) is 6.67. The van der Waals surface area contributed by atoms with E-state index in [1.807, 2.05) is 24.3 Å². The molecule has 0 spiro atoms. The fraction of sp³-hybridized carbons (Fsp3) is 0.286. The normalized spacial score (nSPS) is 10.4. The Morgan fingerprint density at radius 3 is 1.77 bits per heavy atom. The third-order valence-electron chi connectivity index (χ3n) is 5.59. The Hall–Kier alpha value is -3.36. The van der Waals surface area contributed by atoms with Gasteiger partial charge in [0, 0.05) is 5.56 Å². The van der Waals surface area contributed by atoms with E-state index < -0.39 is 0 Å². The van der Waals surface area contributed by atoms with E-state index >= 15 is 0 Å². The van der Waals surface area contributed by atoms with Gasteiger partial charge in [-0.25, -0.2) is 0 Å². The first-order valence-corrected chi connectivity index (χ1v) is 10.9. The van der Waals surface area contributed by atoms with Gasteiger partial charge in [0.05, 0.1) is 11.1 Å². The Morgan fingerprint density at radius 2 is 1.20 bits per heavy atom. The second-order valence-electron chi connectivity index (χ2n) is 7.73. The molecule has 3 aromatic rings. The van der Waals surface area contributed by atoms with Crippen LogP contribution in [0.5, 0.6) is 0 Å². The minimum absolute atomic E-state index is 0.479. The molecule has 3 rings (SSSR count). The van der Waals surface area contributed by atoms with Gasteiger partial charge in [0.2, 0.25) is 0 Å². The predicted molar refractivity (Wildman–Crippen MR) is 124 cm³/mol. The molecule has 2 heteroatoms. The van der Waals surface area contributed by atoms with Crippen LogP contribution >= 0.6 is 0 Å². The van der Waals surface area contributed by atoms with Crippen molar-refractivity contribution < 1.29 is 0 Å². The van der Waals surface area contributed by atoms with Crippen LogP contribution in [0.2, 0.25) is 0 Å². The quantitative estimate of drug-likeness (QED) is 0.374. The molecule has 30 heavy (non-hydrogen) atoms. The van der Waals surface area contributed by atoms with Gasteiger partial charge in [-0.1, -0.05) is 93.8 Å². The molecule has 3 aromatic carbocycles. The van der Waals surface area contributed by atoms with Crippen LogP contribution in [0.1, 0.15) is 61.8 Å². The molecule has 0 radical (unpaired) electrons. The van der Waals surface area contributed by atoms with Gasteiger partial charge >= 0.3 is 0 Å². The van der Waals surface area contributed by atoms with Crippen molar-refractivity contribution in [2.45, 2.75) is 52.4 Å². The van der Waals surface area contributed by atoms with Gasteiger partial charge < -0.3 is 0 Å². The van der Waals surface area contributed by atoms with Crippen LogP contribution in [-0.4, -0.2) is 0 Å². The van der Waals surface area contributed by atoms with Crippen molar-refractivity contribution >= 4 is 0 Å². The zero-order valence-corrected chi connectivity index (χ0v) is 17.9. The van der Waals surface area contributed by atoms with Crippen molar-refractivity contribution in [3.8, 4) is 34.4 Å². The summed E-state index contributed by atoms with van der Waals surface area (Å²) >= 11 is 0. The second kappa shape index (κ2) is 10.4. The molecule has 0 saturated carbocycles. The van der Waals surface area contributed by atoms with Crippen molar-refractivity contribution in [1.82, 2.24) is 0 Å². The zero-order valence-electron chi connectivity index (χ0n) is 17.9. The van der Waals surface area contributed by atoms with E-state index in [9.17, 15) is 10.5 Å². The van der Waals surface area contributed by atoms with Crippen LogP contribution in [0.4, 0.5) is 0 Å². The summed E-state index contributed by atoms with van der Waals surface area (Å²) in [5, 5.41) is 19.3. The highest BCUT2D eigenvalue weighted by molar-refractivity contribution is 5.77. The first-order valence-electron chi connectivity index (χ1n) is 10.9. The second-order valence-corrected chi connectivity index (χ2v) is 7.73. The molecule has 0 unspecified atom stereocenters. The summed E-state index contributed by atoms with van der Waals surface area (Å²) in [7, 11) is 0. The summed E-state index contributed by atoms with van der Waals surface area (Å²) in [5.74, 6) is 0. The fourth-order valence-electron chi connectivity index (χ4n) is 3.89. The fourth-order valence-corrected chi connectivity index (χ4v) is 3.89. The maximum absolute atomic E-state index is 9.72. The average molecular weight is 393 g/mol. The number of nitriles is 2. The number of hydrogen-bond donors (Lipinski definition) is 0. The molecule has 150 valence electrons. The zero-order chi connectivity index (χ0) is 21.3. The molecule has 0 aliphatic carbocycles. The van der Waals surface area contributed by atoms with Crippen LogP contribution in [-0.2, 0) is 12.8 Å². The molecule has 2 nitrogen and oxygen atoms in total. The van der Waals surface area contributed by atoms with E-state index in [2.05, 4.69) is 62.4 Å². The van der Waals surface area contributed by atoms with Crippen LogP contribution < -0.4 is 0 Å². The first kappa shape index (κ1) is 21.4. The molecule has 0 aromatic heterocycles. The van der Waals surface area contributed by atoms with Crippen molar-refractivity contribution in [2.24, 2.45) is 0 Å². The van der Waals surface area contributed by atoms with Gasteiger partial charge in [-0.05, 0) is 47.1 Å². The summed E-state index contributed by atoms with van der Waals surface area (Å²) < 4.78 is 0. The van der Waals surface area contributed by atoms with Gasteiger partial charge in [-0.15, -0.1) is 0 Å². The van der Waals surface area contributed by atoms with Gasteiger partial charge in [0.25, 0.3) is 0 Å². The van der Waals surface area contributed by atoms with Gasteiger partial charge in [0.15, 0.2) is 0 Å². The maximum Gasteiger partial charge on any atom is 0.101 e. The Bertz CT molecular complexity index is 1060. The Labute approximate surface area is 180 Å². The lowest BCUT2D eigenvalue weighted by Crippen LogP contribution is -1.97. The highest BCUT2D eigenvalue weighted by Gasteiger charge is 2.14. The van der Waals surface area contributed by atoms with Crippen LogP contribution in [0, 0.1) is 22.7 Å².